The minimum atomic E-state index is -0.384. The summed E-state index contributed by atoms with van der Waals surface area (Å²) in [6.45, 7) is 11.4. The fourth-order valence-corrected chi connectivity index (χ4v) is 2.51. The molecule has 0 aliphatic heterocycles. The third-order valence-electron chi connectivity index (χ3n) is 3.58. The SMILES string of the molecule is CCNC(=NCC(CC(C)C)NC(=O)OCC)NCCCn1cccn1. The van der Waals surface area contributed by atoms with Crippen LogP contribution in [0, 0.1) is 5.92 Å². The van der Waals surface area contributed by atoms with E-state index in [0.717, 1.165) is 38.4 Å². The molecule has 8 nitrogen and oxygen atoms in total. The molecule has 0 spiro atoms. The van der Waals surface area contributed by atoms with Crippen molar-refractivity contribution >= 4 is 12.1 Å². The predicted octanol–water partition coefficient (Wildman–Crippen LogP) is 1.99. The number of carbonyl (C=O) groups is 1. The van der Waals surface area contributed by atoms with Crippen LogP contribution >= 0.6 is 0 Å². The summed E-state index contributed by atoms with van der Waals surface area (Å²) in [7, 11) is 0. The number of hydrogen-bond acceptors (Lipinski definition) is 4. The smallest absolute Gasteiger partial charge is 0.407 e. The lowest BCUT2D eigenvalue weighted by Gasteiger charge is -2.19. The maximum atomic E-state index is 11.7. The number of rotatable bonds is 11. The van der Waals surface area contributed by atoms with E-state index in [1.165, 1.54) is 0 Å². The highest BCUT2D eigenvalue weighted by Gasteiger charge is 2.14. The molecule has 0 aliphatic carbocycles. The number of aliphatic imine (C=N–C) groups is 1. The van der Waals surface area contributed by atoms with Crippen molar-refractivity contribution in [3.8, 4) is 0 Å². The van der Waals surface area contributed by atoms with Crippen molar-refractivity contribution in [2.45, 2.75) is 53.1 Å². The molecule has 0 radical (unpaired) electrons. The molecule has 0 aromatic carbocycles. The zero-order valence-electron chi connectivity index (χ0n) is 16.5. The molecule has 1 rings (SSSR count). The summed E-state index contributed by atoms with van der Waals surface area (Å²) in [4.78, 5) is 16.3. The van der Waals surface area contributed by atoms with Gasteiger partial charge in [-0.05, 0) is 38.7 Å². The van der Waals surface area contributed by atoms with E-state index in [0.29, 0.717) is 19.1 Å². The second kappa shape index (κ2) is 13.0. The molecule has 0 saturated carbocycles. The normalized spacial score (nSPS) is 12.7. The van der Waals surface area contributed by atoms with E-state index in [1.807, 2.05) is 23.9 Å². The maximum Gasteiger partial charge on any atom is 0.407 e. The molecule has 1 amide bonds. The minimum Gasteiger partial charge on any atom is -0.450 e. The molecule has 1 atom stereocenters. The molecule has 1 aromatic rings. The first-order valence-electron chi connectivity index (χ1n) is 9.48. The Labute approximate surface area is 156 Å². The van der Waals surface area contributed by atoms with Gasteiger partial charge in [0.25, 0.3) is 0 Å². The number of nitrogens with one attached hydrogen (secondary N) is 3. The summed E-state index contributed by atoms with van der Waals surface area (Å²) in [5.74, 6) is 1.22. The topological polar surface area (TPSA) is 92.6 Å². The Morgan fingerprint density at radius 1 is 1.31 bits per heavy atom. The lowest BCUT2D eigenvalue weighted by molar-refractivity contribution is 0.147. The maximum absolute atomic E-state index is 11.7. The van der Waals surface area contributed by atoms with Gasteiger partial charge in [0.05, 0.1) is 19.2 Å². The number of aromatic nitrogens is 2. The standard InChI is InChI=1S/C18H34N6O2/c1-5-19-17(20-9-7-11-24-12-8-10-22-24)21-14-16(13-15(3)4)23-18(25)26-6-2/h8,10,12,15-16H,5-7,9,11,13-14H2,1-4H3,(H,23,25)(H2,19,20,21). The van der Waals surface area contributed by atoms with Crippen LogP contribution in [0.15, 0.2) is 23.5 Å². The minimum absolute atomic E-state index is 0.0476. The summed E-state index contributed by atoms with van der Waals surface area (Å²) < 4.78 is 6.90. The van der Waals surface area contributed by atoms with Gasteiger partial charge in [-0.2, -0.15) is 5.10 Å². The van der Waals surface area contributed by atoms with Crippen LogP contribution in [0.4, 0.5) is 4.79 Å². The van der Waals surface area contributed by atoms with Crippen molar-refractivity contribution in [1.29, 1.82) is 0 Å². The van der Waals surface area contributed by atoms with Gasteiger partial charge in [-0.3, -0.25) is 9.67 Å². The Kier molecular flexibility index (Phi) is 10.9. The number of guanidine groups is 1. The van der Waals surface area contributed by atoms with Gasteiger partial charge < -0.3 is 20.7 Å². The van der Waals surface area contributed by atoms with E-state index in [-0.39, 0.29) is 12.1 Å². The number of aryl methyl sites for hydroxylation is 1. The van der Waals surface area contributed by atoms with Gasteiger partial charge in [-0.15, -0.1) is 0 Å². The van der Waals surface area contributed by atoms with Crippen LogP contribution in [0.3, 0.4) is 0 Å². The molecule has 0 saturated heterocycles. The zero-order chi connectivity index (χ0) is 19.2. The van der Waals surface area contributed by atoms with Gasteiger partial charge in [-0.25, -0.2) is 4.79 Å². The van der Waals surface area contributed by atoms with Crippen molar-refractivity contribution in [3.05, 3.63) is 18.5 Å². The zero-order valence-corrected chi connectivity index (χ0v) is 16.5. The van der Waals surface area contributed by atoms with Crippen molar-refractivity contribution < 1.29 is 9.53 Å². The number of carbonyl (C=O) groups excluding carboxylic acids is 1. The van der Waals surface area contributed by atoms with E-state index in [4.69, 9.17) is 4.74 Å². The Bertz CT molecular complexity index is 516. The monoisotopic (exact) mass is 366 g/mol. The number of ether oxygens (including phenoxy) is 1. The lowest BCUT2D eigenvalue weighted by Crippen LogP contribution is -2.42. The lowest BCUT2D eigenvalue weighted by atomic mass is 10.0. The summed E-state index contributed by atoms with van der Waals surface area (Å²) in [6.07, 6.45) is 5.15. The van der Waals surface area contributed by atoms with Crippen LogP contribution in [0.2, 0.25) is 0 Å². The highest BCUT2D eigenvalue weighted by Crippen LogP contribution is 2.05. The fourth-order valence-electron chi connectivity index (χ4n) is 2.51. The largest absolute Gasteiger partial charge is 0.450 e. The molecule has 0 fully saturated rings. The van der Waals surface area contributed by atoms with E-state index in [2.05, 4.69) is 39.9 Å². The first-order valence-corrected chi connectivity index (χ1v) is 9.48. The van der Waals surface area contributed by atoms with E-state index in [1.54, 1.807) is 13.1 Å². The molecule has 1 aromatic heterocycles. The van der Waals surface area contributed by atoms with Crippen LogP contribution in [-0.2, 0) is 11.3 Å². The molecule has 8 heteroatoms. The van der Waals surface area contributed by atoms with Crippen LogP contribution in [0.25, 0.3) is 0 Å². The van der Waals surface area contributed by atoms with Gasteiger partial charge in [0.15, 0.2) is 5.96 Å². The molecule has 1 heterocycles. The summed E-state index contributed by atoms with van der Waals surface area (Å²) in [5.41, 5.74) is 0. The van der Waals surface area contributed by atoms with Crippen LogP contribution in [-0.4, -0.2) is 54.1 Å². The molecule has 148 valence electrons. The summed E-state index contributed by atoms with van der Waals surface area (Å²) >= 11 is 0. The Hall–Kier alpha value is -2.25. The van der Waals surface area contributed by atoms with Crippen molar-refractivity contribution in [2.75, 3.05) is 26.2 Å². The molecule has 1 unspecified atom stereocenters. The summed E-state index contributed by atoms with van der Waals surface area (Å²) in [6, 6.07) is 1.87. The van der Waals surface area contributed by atoms with Crippen molar-refractivity contribution in [2.24, 2.45) is 10.9 Å². The first-order chi connectivity index (χ1) is 12.5. The van der Waals surface area contributed by atoms with Gasteiger partial charge >= 0.3 is 6.09 Å². The second-order valence-corrected chi connectivity index (χ2v) is 6.46. The molecule has 0 aliphatic rings. The number of alkyl carbamates (subject to hydrolysis) is 1. The molecule has 0 bridgehead atoms. The van der Waals surface area contributed by atoms with E-state index in [9.17, 15) is 4.79 Å². The Balaban J connectivity index is 2.48. The average molecular weight is 367 g/mol. The fraction of sp³-hybridized carbons (Fsp3) is 0.722. The van der Waals surface area contributed by atoms with Gasteiger partial charge in [0.2, 0.25) is 0 Å². The van der Waals surface area contributed by atoms with Gasteiger partial charge in [0, 0.05) is 32.0 Å². The predicted molar refractivity (Wildman–Crippen MR) is 104 cm³/mol. The number of hydrogen-bond donors (Lipinski definition) is 3. The molecular formula is C18H34N6O2. The summed E-state index contributed by atoms with van der Waals surface area (Å²) in [5, 5.41) is 13.6. The van der Waals surface area contributed by atoms with Crippen molar-refractivity contribution in [1.82, 2.24) is 25.7 Å². The number of amides is 1. The van der Waals surface area contributed by atoms with E-state index < -0.39 is 0 Å². The van der Waals surface area contributed by atoms with Gasteiger partial charge in [0.1, 0.15) is 0 Å². The van der Waals surface area contributed by atoms with Gasteiger partial charge in [-0.1, -0.05) is 13.8 Å². The van der Waals surface area contributed by atoms with E-state index >= 15 is 0 Å². The van der Waals surface area contributed by atoms with Crippen LogP contribution in [0.1, 0.15) is 40.5 Å². The number of nitrogens with zero attached hydrogens (tertiary/aromatic N) is 3. The molecule has 26 heavy (non-hydrogen) atoms. The van der Waals surface area contributed by atoms with Crippen LogP contribution < -0.4 is 16.0 Å². The Morgan fingerprint density at radius 3 is 2.73 bits per heavy atom. The third kappa shape index (κ3) is 9.90. The molecular weight excluding hydrogens is 332 g/mol. The highest BCUT2D eigenvalue weighted by atomic mass is 16.5. The highest BCUT2D eigenvalue weighted by molar-refractivity contribution is 5.79. The first kappa shape index (κ1) is 21.8. The quantitative estimate of drug-likeness (QED) is 0.316. The third-order valence-corrected chi connectivity index (χ3v) is 3.58. The average Bonchev–Trinajstić information content (AvgIpc) is 3.09. The Morgan fingerprint density at radius 2 is 2.12 bits per heavy atom. The van der Waals surface area contributed by atoms with Crippen molar-refractivity contribution in [3.63, 3.8) is 0 Å². The van der Waals surface area contributed by atoms with Crippen LogP contribution in [0.5, 0.6) is 0 Å². The second-order valence-electron chi connectivity index (χ2n) is 6.46. The molecule has 3 N–H and O–H groups in total.